The fourth-order valence-electron chi connectivity index (χ4n) is 3.36. The fourth-order valence-corrected chi connectivity index (χ4v) is 3.36. The third-order valence-corrected chi connectivity index (χ3v) is 4.80. The third kappa shape index (κ3) is 5.17. The number of nitrogens with zero attached hydrogens (tertiary/aromatic N) is 1. The molecule has 1 aliphatic rings. The molecule has 0 bridgehead atoms. The van der Waals surface area contributed by atoms with E-state index in [2.05, 4.69) is 10.6 Å². The lowest BCUT2D eigenvalue weighted by Gasteiger charge is -2.22. The van der Waals surface area contributed by atoms with Gasteiger partial charge in [0.05, 0.1) is 11.3 Å². The minimum absolute atomic E-state index is 0.158. The Morgan fingerprint density at radius 2 is 1.87 bits per heavy atom. The maximum atomic E-state index is 14.0. The summed E-state index contributed by atoms with van der Waals surface area (Å²) in [5.41, 5.74) is -3.55. The van der Waals surface area contributed by atoms with Crippen molar-refractivity contribution in [2.24, 2.45) is 11.8 Å². The maximum Gasteiger partial charge on any atom is 0.432 e. The molecule has 0 aliphatic carbocycles. The summed E-state index contributed by atoms with van der Waals surface area (Å²) in [6.45, 7) is 0.275. The van der Waals surface area contributed by atoms with Crippen LogP contribution in [0.15, 0.2) is 30.0 Å². The minimum Gasteiger partial charge on any atom is -0.391 e. The Kier molecular flexibility index (Phi) is 6.72. The van der Waals surface area contributed by atoms with Crippen LogP contribution in [-0.2, 0) is 15.5 Å². The summed E-state index contributed by atoms with van der Waals surface area (Å²) in [4.78, 5) is 26.4. The van der Waals surface area contributed by atoms with Gasteiger partial charge >= 0.3 is 6.18 Å². The number of amides is 2. The molecule has 1 aromatic carbocycles. The van der Waals surface area contributed by atoms with Crippen molar-refractivity contribution < 1.29 is 35.9 Å². The van der Waals surface area contributed by atoms with E-state index in [0.717, 1.165) is 23.1 Å². The second-order valence-electron chi connectivity index (χ2n) is 7.10. The first-order valence-electron chi connectivity index (χ1n) is 8.96. The second kappa shape index (κ2) is 8.60. The van der Waals surface area contributed by atoms with Gasteiger partial charge in [0, 0.05) is 39.2 Å². The summed E-state index contributed by atoms with van der Waals surface area (Å²) >= 11 is 0. The Hall–Kier alpha value is -3.05. The van der Waals surface area contributed by atoms with Gasteiger partial charge in [-0.05, 0) is 18.2 Å². The fraction of sp³-hybridized carbons (Fsp3) is 0.421. The number of anilines is 1. The zero-order chi connectivity index (χ0) is 23.7. The van der Waals surface area contributed by atoms with Crippen molar-refractivity contribution in [1.82, 2.24) is 10.2 Å². The minimum atomic E-state index is -4.95. The van der Waals surface area contributed by atoms with E-state index in [4.69, 9.17) is 5.41 Å². The number of alkyl halides is 5. The standard InChI is InChI=1S/C19H20F6N4O2/c1-18(21,22)15-10(20)5-4-6-11(15)28-16(30)14-9(8-29(3)17(14)31)12(27-2)7-13(26)19(23,24)25/h4-7,9,14,26-27H,8H2,1-3H3,(H,28,30)/b12-7-,26-13?/t9-,14+/m1/s1. The largest absolute Gasteiger partial charge is 0.432 e. The zero-order valence-electron chi connectivity index (χ0n) is 16.7. The average molecular weight is 450 g/mol. The van der Waals surface area contributed by atoms with Crippen LogP contribution < -0.4 is 10.6 Å². The van der Waals surface area contributed by atoms with Crippen LogP contribution in [0.5, 0.6) is 0 Å². The molecule has 0 spiro atoms. The molecule has 1 aliphatic heterocycles. The van der Waals surface area contributed by atoms with Crippen molar-refractivity contribution in [3.8, 4) is 0 Å². The van der Waals surface area contributed by atoms with Gasteiger partial charge in [0.1, 0.15) is 17.4 Å². The number of carbonyl (C=O) groups is 2. The van der Waals surface area contributed by atoms with Crippen LogP contribution in [0.25, 0.3) is 0 Å². The van der Waals surface area contributed by atoms with Crippen LogP contribution in [0, 0.1) is 23.1 Å². The summed E-state index contributed by atoms with van der Waals surface area (Å²) in [6, 6.07) is 2.90. The van der Waals surface area contributed by atoms with E-state index in [1.165, 1.54) is 14.1 Å². The van der Waals surface area contributed by atoms with Crippen molar-refractivity contribution in [1.29, 1.82) is 5.41 Å². The first-order chi connectivity index (χ1) is 14.2. The highest BCUT2D eigenvalue weighted by molar-refractivity contribution is 6.08. The highest BCUT2D eigenvalue weighted by Gasteiger charge is 2.46. The molecule has 12 heteroatoms. The van der Waals surface area contributed by atoms with E-state index in [9.17, 15) is 35.9 Å². The smallest absolute Gasteiger partial charge is 0.391 e. The summed E-state index contributed by atoms with van der Waals surface area (Å²) < 4.78 is 79.9. The number of carbonyl (C=O) groups excluding carboxylic acids is 2. The molecule has 3 N–H and O–H groups in total. The molecule has 6 nitrogen and oxygen atoms in total. The molecule has 0 unspecified atom stereocenters. The van der Waals surface area contributed by atoms with Crippen LogP contribution >= 0.6 is 0 Å². The molecule has 1 aromatic rings. The lowest BCUT2D eigenvalue weighted by molar-refractivity contribution is -0.135. The van der Waals surface area contributed by atoms with E-state index < -0.39 is 58.5 Å². The van der Waals surface area contributed by atoms with Gasteiger partial charge in [0.2, 0.25) is 11.8 Å². The number of halogens is 6. The maximum absolute atomic E-state index is 14.0. The molecular weight excluding hydrogens is 430 g/mol. The second-order valence-corrected chi connectivity index (χ2v) is 7.10. The molecule has 0 aromatic heterocycles. The molecule has 31 heavy (non-hydrogen) atoms. The van der Waals surface area contributed by atoms with Gasteiger partial charge in [0.25, 0.3) is 5.92 Å². The van der Waals surface area contributed by atoms with Crippen molar-refractivity contribution in [2.45, 2.75) is 19.0 Å². The van der Waals surface area contributed by atoms with E-state index in [1.807, 2.05) is 0 Å². The average Bonchev–Trinajstić information content (AvgIpc) is 2.92. The van der Waals surface area contributed by atoms with Crippen LogP contribution in [0.3, 0.4) is 0 Å². The van der Waals surface area contributed by atoms with Crippen molar-refractivity contribution in [3.63, 3.8) is 0 Å². The van der Waals surface area contributed by atoms with Gasteiger partial charge in [-0.1, -0.05) is 6.07 Å². The molecular formula is C19H20F6N4O2. The van der Waals surface area contributed by atoms with Crippen molar-refractivity contribution in [3.05, 3.63) is 41.4 Å². The van der Waals surface area contributed by atoms with Crippen LogP contribution in [0.1, 0.15) is 12.5 Å². The normalized spacial score (nSPS) is 20.1. The number of rotatable bonds is 6. The van der Waals surface area contributed by atoms with Crippen LogP contribution in [-0.4, -0.2) is 49.2 Å². The van der Waals surface area contributed by atoms with Crippen LogP contribution in [0.2, 0.25) is 0 Å². The molecule has 0 saturated carbocycles. The first kappa shape index (κ1) is 24.2. The Labute approximate surface area is 173 Å². The van der Waals surface area contributed by atoms with Gasteiger partial charge in [-0.2, -0.15) is 13.2 Å². The first-order valence-corrected chi connectivity index (χ1v) is 8.96. The van der Waals surface area contributed by atoms with Gasteiger partial charge < -0.3 is 15.5 Å². The molecule has 2 rings (SSSR count). The highest BCUT2D eigenvalue weighted by Crippen LogP contribution is 2.36. The Morgan fingerprint density at radius 3 is 2.39 bits per heavy atom. The number of allylic oxidation sites excluding steroid dienone is 1. The topological polar surface area (TPSA) is 85.3 Å². The summed E-state index contributed by atoms with van der Waals surface area (Å²) in [5, 5.41) is 11.7. The van der Waals surface area contributed by atoms with Gasteiger partial charge in [0.15, 0.2) is 0 Å². The number of likely N-dealkylation sites (tertiary alicyclic amines) is 1. The quantitative estimate of drug-likeness (QED) is 0.353. The van der Waals surface area contributed by atoms with Gasteiger partial charge in [-0.3, -0.25) is 15.0 Å². The molecule has 2 atom stereocenters. The van der Waals surface area contributed by atoms with Crippen LogP contribution in [0.4, 0.5) is 32.0 Å². The SMILES string of the molecule is CN/C(=C\C(=N)C(F)(F)F)[C@H]1CN(C)C(=O)[C@@H]1C(=O)Nc1cccc(F)c1C(C)(F)F. The Bertz CT molecular complexity index is 923. The number of nitrogens with one attached hydrogen (secondary N) is 3. The zero-order valence-corrected chi connectivity index (χ0v) is 16.7. The van der Waals surface area contributed by atoms with Gasteiger partial charge in [-0.25, -0.2) is 13.2 Å². The summed E-state index contributed by atoms with van der Waals surface area (Å²) in [5.74, 6) is -9.47. The molecule has 1 heterocycles. The summed E-state index contributed by atoms with van der Waals surface area (Å²) in [7, 11) is 2.58. The molecule has 1 saturated heterocycles. The predicted octanol–water partition coefficient (Wildman–Crippen LogP) is 3.27. The Balaban J connectivity index is 2.43. The molecule has 170 valence electrons. The Morgan fingerprint density at radius 1 is 1.26 bits per heavy atom. The number of hydrogen-bond donors (Lipinski definition) is 3. The van der Waals surface area contributed by atoms with E-state index >= 15 is 0 Å². The van der Waals surface area contributed by atoms with E-state index in [0.29, 0.717) is 13.0 Å². The lowest BCUT2D eigenvalue weighted by Crippen LogP contribution is -2.36. The van der Waals surface area contributed by atoms with E-state index in [-0.39, 0.29) is 12.2 Å². The molecule has 2 amide bonds. The van der Waals surface area contributed by atoms with Crippen molar-refractivity contribution >= 4 is 23.2 Å². The predicted molar refractivity (Wildman–Crippen MR) is 100 cm³/mol. The lowest BCUT2D eigenvalue weighted by atomic mass is 9.90. The molecule has 1 fully saturated rings. The highest BCUT2D eigenvalue weighted by atomic mass is 19.4. The number of benzene rings is 1. The summed E-state index contributed by atoms with van der Waals surface area (Å²) in [6.07, 6.45) is -4.48. The molecule has 0 radical (unpaired) electrons. The third-order valence-electron chi connectivity index (χ3n) is 4.80. The van der Waals surface area contributed by atoms with Crippen molar-refractivity contribution in [2.75, 3.05) is 26.0 Å². The monoisotopic (exact) mass is 450 g/mol. The number of hydrogen-bond acceptors (Lipinski definition) is 4. The van der Waals surface area contributed by atoms with Gasteiger partial charge in [-0.15, -0.1) is 0 Å². The van der Waals surface area contributed by atoms with E-state index in [1.54, 1.807) is 0 Å².